The second-order valence-electron chi connectivity index (χ2n) is 3.24. The first-order chi connectivity index (χ1) is 8.06. The van der Waals surface area contributed by atoms with E-state index in [-0.39, 0.29) is 16.5 Å². The van der Waals surface area contributed by atoms with Crippen LogP contribution < -0.4 is 5.32 Å². The molecule has 2 aromatic rings. The molecule has 0 aliphatic carbocycles. The van der Waals surface area contributed by atoms with E-state index in [2.05, 4.69) is 10.3 Å². The first kappa shape index (κ1) is 11.7. The Morgan fingerprint density at radius 2 is 1.76 bits per heavy atom. The minimum absolute atomic E-state index is 0.111. The molecule has 6 heteroatoms. The minimum Gasteiger partial charge on any atom is -0.338 e. The molecule has 0 spiro atoms. The van der Waals surface area contributed by atoms with E-state index < -0.39 is 17.5 Å². The van der Waals surface area contributed by atoms with Crippen LogP contribution in [0.5, 0.6) is 0 Å². The summed E-state index contributed by atoms with van der Waals surface area (Å²) in [5, 5.41) is 2.67. The second kappa shape index (κ2) is 4.63. The Hall–Kier alpha value is -1.75. The summed E-state index contributed by atoms with van der Waals surface area (Å²) in [6, 6.07) is 4.18. The monoisotopic (exact) mass is 258 g/mol. The van der Waals surface area contributed by atoms with Gasteiger partial charge in [-0.05, 0) is 18.2 Å². The predicted molar refractivity (Wildman–Crippen MR) is 58.8 cm³/mol. The number of nitrogens with zero attached hydrogens (tertiary/aromatic N) is 1. The van der Waals surface area contributed by atoms with Gasteiger partial charge in [-0.2, -0.15) is 0 Å². The van der Waals surface area contributed by atoms with Crippen molar-refractivity contribution in [2.75, 3.05) is 5.32 Å². The number of pyridine rings is 1. The van der Waals surface area contributed by atoms with Gasteiger partial charge < -0.3 is 5.32 Å². The van der Waals surface area contributed by atoms with Crippen LogP contribution in [0.1, 0.15) is 0 Å². The Morgan fingerprint density at radius 3 is 2.41 bits per heavy atom. The zero-order valence-electron chi connectivity index (χ0n) is 8.35. The van der Waals surface area contributed by atoms with Crippen LogP contribution in [0.4, 0.5) is 24.7 Å². The Balaban J connectivity index is 2.28. The van der Waals surface area contributed by atoms with Crippen molar-refractivity contribution in [3.63, 3.8) is 0 Å². The van der Waals surface area contributed by atoms with Crippen molar-refractivity contribution in [2.24, 2.45) is 0 Å². The maximum Gasteiger partial charge on any atom is 0.167 e. The zero-order valence-corrected chi connectivity index (χ0v) is 9.10. The Morgan fingerprint density at radius 1 is 1.00 bits per heavy atom. The lowest BCUT2D eigenvalue weighted by Gasteiger charge is -2.06. The van der Waals surface area contributed by atoms with E-state index in [0.717, 1.165) is 18.2 Å². The number of halogens is 4. The molecule has 88 valence electrons. The molecule has 0 saturated carbocycles. The lowest BCUT2D eigenvalue weighted by Crippen LogP contribution is -1.98. The SMILES string of the molecule is Fc1ccc(Nc2ncc(Cl)cc2F)cc1F. The highest BCUT2D eigenvalue weighted by Crippen LogP contribution is 2.21. The van der Waals surface area contributed by atoms with Crippen LogP contribution in [-0.2, 0) is 0 Å². The topological polar surface area (TPSA) is 24.9 Å². The fourth-order valence-electron chi connectivity index (χ4n) is 1.22. The minimum atomic E-state index is -1.02. The highest BCUT2D eigenvalue weighted by atomic mass is 35.5. The summed E-state index contributed by atoms with van der Waals surface area (Å²) >= 11 is 5.53. The fraction of sp³-hybridized carbons (Fsp3) is 0. The maximum atomic E-state index is 13.3. The van der Waals surface area contributed by atoms with Gasteiger partial charge >= 0.3 is 0 Å². The van der Waals surface area contributed by atoms with Crippen LogP contribution in [0, 0.1) is 17.5 Å². The number of hydrogen-bond acceptors (Lipinski definition) is 2. The van der Waals surface area contributed by atoms with Crippen LogP contribution in [0.3, 0.4) is 0 Å². The molecule has 1 aromatic carbocycles. The molecule has 0 fully saturated rings. The number of hydrogen-bond donors (Lipinski definition) is 1. The van der Waals surface area contributed by atoms with E-state index in [9.17, 15) is 13.2 Å². The van der Waals surface area contributed by atoms with Crippen molar-refractivity contribution in [1.29, 1.82) is 0 Å². The maximum absolute atomic E-state index is 13.3. The van der Waals surface area contributed by atoms with Gasteiger partial charge in [0.2, 0.25) is 0 Å². The summed E-state index contributed by atoms with van der Waals surface area (Å²) in [5.41, 5.74) is 0.192. The zero-order chi connectivity index (χ0) is 12.4. The van der Waals surface area contributed by atoms with Crippen molar-refractivity contribution >= 4 is 23.1 Å². The third-order valence-corrected chi connectivity index (χ3v) is 2.20. The van der Waals surface area contributed by atoms with Crippen LogP contribution in [0.25, 0.3) is 0 Å². The molecule has 0 aliphatic rings. The van der Waals surface area contributed by atoms with Crippen LogP contribution in [0.2, 0.25) is 5.02 Å². The standard InChI is InChI=1S/C11H6ClF3N2/c12-6-3-10(15)11(16-5-6)17-7-1-2-8(13)9(14)4-7/h1-5H,(H,16,17). The van der Waals surface area contributed by atoms with Gasteiger partial charge in [-0.15, -0.1) is 0 Å². The third kappa shape index (κ3) is 2.68. The summed E-state index contributed by atoms with van der Waals surface area (Å²) in [6.07, 6.45) is 1.24. The molecule has 2 nitrogen and oxygen atoms in total. The molecule has 1 aromatic heterocycles. The summed E-state index contributed by atoms with van der Waals surface area (Å²) in [4.78, 5) is 3.69. The average Bonchev–Trinajstić information content (AvgIpc) is 2.27. The lowest BCUT2D eigenvalue weighted by atomic mass is 10.3. The van der Waals surface area contributed by atoms with E-state index in [1.54, 1.807) is 0 Å². The lowest BCUT2D eigenvalue weighted by molar-refractivity contribution is 0.509. The highest BCUT2D eigenvalue weighted by molar-refractivity contribution is 6.30. The van der Waals surface area contributed by atoms with Crippen LogP contribution in [-0.4, -0.2) is 4.98 Å². The summed E-state index contributed by atoms with van der Waals surface area (Å²) in [6.45, 7) is 0. The largest absolute Gasteiger partial charge is 0.338 e. The number of nitrogens with one attached hydrogen (secondary N) is 1. The van der Waals surface area contributed by atoms with Gasteiger partial charge in [0.05, 0.1) is 5.02 Å². The van der Waals surface area contributed by atoms with Crippen LogP contribution in [0.15, 0.2) is 30.5 Å². The number of aromatic nitrogens is 1. The van der Waals surface area contributed by atoms with Gasteiger partial charge in [0.15, 0.2) is 23.3 Å². The molecular formula is C11H6ClF3N2. The number of anilines is 2. The van der Waals surface area contributed by atoms with Gasteiger partial charge in [0, 0.05) is 18.0 Å². The predicted octanol–water partition coefficient (Wildman–Crippen LogP) is 3.90. The van der Waals surface area contributed by atoms with Crippen molar-refractivity contribution < 1.29 is 13.2 Å². The van der Waals surface area contributed by atoms with Crippen molar-refractivity contribution in [1.82, 2.24) is 4.98 Å². The molecule has 0 atom stereocenters. The molecule has 1 heterocycles. The average molecular weight is 259 g/mol. The Bertz CT molecular complexity index is 560. The van der Waals surface area contributed by atoms with Gasteiger partial charge in [-0.3, -0.25) is 0 Å². The quantitative estimate of drug-likeness (QED) is 0.884. The molecule has 0 bridgehead atoms. The smallest absolute Gasteiger partial charge is 0.167 e. The van der Waals surface area contributed by atoms with Crippen LogP contribution >= 0.6 is 11.6 Å². The van der Waals surface area contributed by atoms with Gasteiger partial charge in [-0.25, -0.2) is 18.2 Å². The number of benzene rings is 1. The first-order valence-electron chi connectivity index (χ1n) is 4.59. The molecule has 17 heavy (non-hydrogen) atoms. The second-order valence-corrected chi connectivity index (χ2v) is 3.67. The van der Waals surface area contributed by atoms with Crippen molar-refractivity contribution in [3.05, 3.63) is 52.9 Å². The van der Waals surface area contributed by atoms with Gasteiger partial charge in [0.25, 0.3) is 0 Å². The summed E-state index contributed by atoms with van der Waals surface area (Å²) < 4.78 is 38.9. The van der Waals surface area contributed by atoms with E-state index in [4.69, 9.17) is 11.6 Å². The Kier molecular flexibility index (Phi) is 3.19. The summed E-state index contributed by atoms with van der Waals surface area (Å²) in [7, 11) is 0. The molecule has 0 saturated heterocycles. The first-order valence-corrected chi connectivity index (χ1v) is 4.97. The molecular weight excluding hydrogens is 253 g/mol. The molecule has 1 N–H and O–H groups in total. The van der Waals surface area contributed by atoms with Crippen molar-refractivity contribution in [2.45, 2.75) is 0 Å². The van der Waals surface area contributed by atoms with Crippen molar-refractivity contribution in [3.8, 4) is 0 Å². The molecule has 0 aliphatic heterocycles. The molecule has 2 rings (SSSR count). The van der Waals surface area contributed by atoms with E-state index in [1.807, 2.05) is 0 Å². The van der Waals surface area contributed by atoms with Gasteiger partial charge in [0.1, 0.15) is 0 Å². The molecule has 0 amide bonds. The van der Waals surface area contributed by atoms with E-state index >= 15 is 0 Å². The van der Waals surface area contributed by atoms with E-state index in [1.165, 1.54) is 12.3 Å². The number of rotatable bonds is 2. The Labute approximate surface area is 100 Å². The highest BCUT2D eigenvalue weighted by Gasteiger charge is 2.07. The summed E-state index contributed by atoms with van der Waals surface area (Å²) in [5.74, 6) is -2.79. The third-order valence-electron chi connectivity index (χ3n) is 1.99. The fourth-order valence-corrected chi connectivity index (χ4v) is 1.36. The molecule has 0 radical (unpaired) electrons. The van der Waals surface area contributed by atoms with E-state index in [0.29, 0.717) is 0 Å². The van der Waals surface area contributed by atoms with Gasteiger partial charge in [-0.1, -0.05) is 11.6 Å². The normalized spacial score (nSPS) is 10.4. The molecule has 0 unspecified atom stereocenters.